The van der Waals surface area contributed by atoms with E-state index in [0.717, 1.165) is 0 Å². The molecule has 0 bridgehead atoms. The molecule has 0 atom stereocenters. The molecular formula is C10H13ClHfSi. The van der Waals surface area contributed by atoms with Crippen LogP contribution in [0.15, 0.2) is 43.1 Å². The zero-order chi connectivity index (χ0) is 8.39. The van der Waals surface area contributed by atoms with E-state index in [1.54, 1.807) is 0 Å². The van der Waals surface area contributed by atoms with Crippen LogP contribution < -0.4 is 12.4 Å². The molecule has 0 aromatic heterocycles. The van der Waals surface area contributed by atoms with Gasteiger partial charge >= 0.3 is 84.0 Å². The summed E-state index contributed by atoms with van der Waals surface area (Å²) >= 11 is -1.30. The number of allylic oxidation sites excluding steroid dienone is 8. The van der Waals surface area contributed by atoms with Gasteiger partial charge < -0.3 is 12.4 Å². The van der Waals surface area contributed by atoms with E-state index >= 15 is 0 Å². The number of halogens is 1. The third kappa shape index (κ3) is 2.64. The Hall–Kier alpha value is 0.337. The Morgan fingerprint density at radius 2 is 1.46 bits per heavy atom. The Morgan fingerprint density at radius 3 is 1.77 bits per heavy atom. The van der Waals surface area contributed by atoms with Gasteiger partial charge in [-0.1, -0.05) is 0 Å². The molecule has 0 nitrogen and oxygen atoms in total. The van der Waals surface area contributed by atoms with Gasteiger partial charge in [0.05, 0.1) is 0 Å². The van der Waals surface area contributed by atoms with Gasteiger partial charge in [-0.05, 0) is 0 Å². The van der Waals surface area contributed by atoms with Gasteiger partial charge in [-0.3, -0.25) is 0 Å². The second kappa shape index (κ2) is 5.28. The van der Waals surface area contributed by atoms with Gasteiger partial charge in [0.1, 0.15) is 0 Å². The number of rotatable bonds is 2. The van der Waals surface area contributed by atoms with Crippen LogP contribution in [0.1, 0.15) is 12.8 Å². The van der Waals surface area contributed by atoms with Gasteiger partial charge in [-0.25, -0.2) is 0 Å². The Balaban J connectivity index is 0.000000845. The summed E-state index contributed by atoms with van der Waals surface area (Å²) in [6, 6.07) is 0. The quantitative estimate of drug-likeness (QED) is 0.520. The SMILES string of the molecule is [Cl-].[SiH3][Hf+]([C]1=CC=CC1)[C]1=CC=CC1. The van der Waals surface area contributed by atoms with Crippen LogP contribution in [0.3, 0.4) is 0 Å². The van der Waals surface area contributed by atoms with Crippen LogP contribution in [0.2, 0.25) is 0 Å². The van der Waals surface area contributed by atoms with Crippen LogP contribution >= 0.6 is 0 Å². The van der Waals surface area contributed by atoms with Crippen LogP contribution in [-0.4, -0.2) is 7.43 Å². The molecule has 0 unspecified atom stereocenters. The molecule has 0 spiro atoms. The van der Waals surface area contributed by atoms with Gasteiger partial charge in [0.25, 0.3) is 0 Å². The van der Waals surface area contributed by atoms with Gasteiger partial charge in [0, 0.05) is 0 Å². The molecule has 2 aliphatic rings. The number of hydrogen-bond acceptors (Lipinski definition) is 0. The molecule has 3 heteroatoms. The van der Waals surface area contributed by atoms with E-state index in [2.05, 4.69) is 36.5 Å². The first-order chi connectivity index (χ1) is 5.88. The van der Waals surface area contributed by atoms with Gasteiger partial charge in [-0.2, -0.15) is 0 Å². The van der Waals surface area contributed by atoms with Crippen molar-refractivity contribution in [2.24, 2.45) is 0 Å². The molecule has 0 saturated carbocycles. The first kappa shape index (κ1) is 11.4. The molecule has 0 heterocycles. The van der Waals surface area contributed by atoms with E-state index in [9.17, 15) is 0 Å². The standard InChI is InChI=1S/2C5H5.ClH.Hf.H3Si/c2*1-2-4-5-3-1;;;/h2*1-3H,4H2;1H;;1H3/q;;;+1;/p-1. The van der Waals surface area contributed by atoms with Crippen LogP contribution in [0.4, 0.5) is 0 Å². The molecule has 2 rings (SSSR count). The van der Waals surface area contributed by atoms with Gasteiger partial charge in [0.2, 0.25) is 0 Å². The second-order valence-electron chi connectivity index (χ2n) is 3.27. The number of hydrogen-bond donors (Lipinski definition) is 0. The van der Waals surface area contributed by atoms with E-state index < -0.39 is 20.6 Å². The maximum atomic E-state index is 2.38. The minimum absolute atomic E-state index is 0. The molecule has 0 N–H and O–H groups in total. The Labute approximate surface area is 95.8 Å². The summed E-state index contributed by atoms with van der Waals surface area (Å²) < 4.78 is 3.67. The van der Waals surface area contributed by atoms with Crippen molar-refractivity contribution in [3.63, 3.8) is 0 Å². The van der Waals surface area contributed by atoms with Gasteiger partial charge in [0.15, 0.2) is 0 Å². The van der Waals surface area contributed by atoms with E-state index in [-0.39, 0.29) is 12.4 Å². The van der Waals surface area contributed by atoms with Crippen molar-refractivity contribution in [2.45, 2.75) is 12.8 Å². The van der Waals surface area contributed by atoms with Crippen molar-refractivity contribution in [2.75, 3.05) is 0 Å². The normalized spacial score (nSPS) is 18.5. The molecule has 68 valence electrons. The minimum atomic E-state index is -1.30. The summed E-state index contributed by atoms with van der Waals surface area (Å²) in [5.74, 6) is 0. The van der Waals surface area contributed by atoms with Crippen molar-refractivity contribution >= 4 is 7.43 Å². The van der Waals surface area contributed by atoms with Crippen molar-refractivity contribution < 1.29 is 33.0 Å². The van der Waals surface area contributed by atoms with E-state index in [1.165, 1.54) is 20.3 Å². The summed E-state index contributed by atoms with van der Waals surface area (Å²) in [6.07, 6.45) is 16.4. The van der Waals surface area contributed by atoms with Gasteiger partial charge in [-0.15, -0.1) is 0 Å². The first-order valence-corrected chi connectivity index (χ1v) is 19.8. The van der Waals surface area contributed by atoms with Crippen LogP contribution in [0, 0.1) is 0 Å². The zero-order valence-electron chi connectivity index (χ0n) is 7.76. The third-order valence-electron chi connectivity index (χ3n) is 2.51. The second-order valence-corrected chi connectivity index (χ2v) is 20.6. The molecule has 0 amide bonds. The van der Waals surface area contributed by atoms with Crippen LogP contribution in [-0.2, 0) is 20.6 Å². The molecule has 0 saturated heterocycles. The molecule has 0 aromatic rings. The summed E-state index contributed by atoms with van der Waals surface area (Å²) in [4.78, 5) is 0. The maximum absolute atomic E-state index is 2.38. The Kier molecular flexibility index (Phi) is 4.63. The predicted molar refractivity (Wildman–Crippen MR) is 53.6 cm³/mol. The summed E-state index contributed by atoms with van der Waals surface area (Å²) in [5.41, 5.74) is 0. The average molecular weight is 375 g/mol. The molecule has 2 aliphatic carbocycles. The Bertz CT molecular complexity index is 272. The van der Waals surface area contributed by atoms with Crippen molar-refractivity contribution in [1.82, 2.24) is 0 Å². The van der Waals surface area contributed by atoms with E-state index in [4.69, 9.17) is 0 Å². The fourth-order valence-corrected chi connectivity index (χ4v) is 14.7. The predicted octanol–water partition coefficient (Wildman–Crippen LogP) is -1.42. The van der Waals surface area contributed by atoms with Crippen molar-refractivity contribution in [3.05, 3.63) is 43.1 Å². The van der Waals surface area contributed by atoms with Crippen molar-refractivity contribution in [3.8, 4) is 0 Å². The van der Waals surface area contributed by atoms with Crippen molar-refractivity contribution in [1.29, 1.82) is 0 Å². The Morgan fingerprint density at radius 1 is 1.00 bits per heavy atom. The molecular weight excluding hydrogens is 362 g/mol. The van der Waals surface area contributed by atoms with E-state index in [1.807, 2.05) is 6.66 Å². The van der Waals surface area contributed by atoms with E-state index in [0.29, 0.717) is 0 Å². The molecule has 0 radical (unpaired) electrons. The zero-order valence-corrected chi connectivity index (χ0v) is 14.1. The molecule has 13 heavy (non-hydrogen) atoms. The van der Waals surface area contributed by atoms with Crippen LogP contribution in [0.5, 0.6) is 0 Å². The molecule has 0 aromatic carbocycles. The van der Waals surface area contributed by atoms with Crippen LogP contribution in [0.25, 0.3) is 0 Å². The third-order valence-corrected chi connectivity index (χ3v) is 22.6. The summed E-state index contributed by atoms with van der Waals surface area (Å²) in [5, 5.41) is 0. The average Bonchev–Trinajstić information content (AvgIpc) is 2.77. The fourth-order valence-electron chi connectivity index (χ4n) is 1.66. The summed E-state index contributed by atoms with van der Waals surface area (Å²) in [7, 11) is 1.47. The monoisotopic (exact) mass is 376 g/mol. The topological polar surface area (TPSA) is 0 Å². The first-order valence-electron chi connectivity index (χ1n) is 4.43. The molecule has 0 fully saturated rings. The summed E-state index contributed by atoms with van der Waals surface area (Å²) in [6.45, 7) is 0. The fraction of sp³-hybridized carbons (Fsp3) is 0.200. The molecule has 0 aliphatic heterocycles.